The Morgan fingerprint density at radius 1 is 1.62 bits per heavy atom. The van der Waals surface area contributed by atoms with Crippen LogP contribution in [0.25, 0.3) is 0 Å². The number of aliphatic hydroxyl groups excluding tert-OH is 1. The summed E-state index contributed by atoms with van der Waals surface area (Å²) in [6.07, 6.45) is 2.17. The van der Waals surface area contributed by atoms with Crippen LogP contribution in [-0.2, 0) is 0 Å². The van der Waals surface area contributed by atoms with E-state index in [1.165, 1.54) is 0 Å². The van der Waals surface area contributed by atoms with E-state index in [0.717, 1.165) is 37.3 Å². The minimum Gasteiger partial charge on any atom is -0.395 e. The number of aliphatic hydroxyl groups is 1. The van der Waals surface area contributed by atoms with Crippen molar-refractivity contribution >= 4 is 17.1 Å². The number of thiocarbonyl (C=S) groups is 1. The molecule has 0 saturated carbocycles. The highest BCUT2D eigenvalue weighted by atomic mass is 32.1. The Labute approximate surface area is 85.1 Å². The van der Waals surface area contributed by atoms with Crippen LogP contribution in [0.2, 0.25) is 0 Å². The van der Waals surface area contributed by atoms with Gasteiger partial charge in [0.05, 0.1) is 6.61 Å². The van der Waals surface area contributed by atoms with Crippen LogP contribution in [0, 0.1) is 0 Å². The van der Waals surface area contributed by atoms with Crippen LogP contribution in [0.15, 0.2) is 0 Å². The molecule has 1 unspecified atom stereocenters. The first kappa shape index (κ1) is 11.0. The van der Waals surface area contributed by atoms with Gasteiger partial charge in [-0.25, -0.2) is 0 Å². The molecule has 76 valence electrons. The average Bonchev–Trinajstić information content (AvgIpc) is 2.49. The first-order valence-corrected chi connectivity index (χ1v) is 5.17. The predicted octanol–water partition coefficient (Wildman–Crippen LogP) is 0.0324. The molecule has 1 aliphatic rings. The fourth-order valence-electron chi connectivity index (χ4n) is 1.54. The van der Waals surface area contributed by atoms with Crippen molar-refractivity contribution < 1.29 is 5.11 Å². The van der Waals surface area contributed by atoms with E-state index in [1.54, 1.807) is 0 Å². The molecule has 1 rings (SSSR count). The fourth-order valence-corrected chi connectivity index (χ4v) is 1.82. The molecule has 0 aromatic heterocycles. The molecule has 0 aliphatic carbocycles. The van der Waals surface area contributed by atoms with Gasteiger partial charge in [0.15, 0.2) is 0 Å². The van der Waals surface area contributed by atoms with Gasteiger partial charge in [0.2, 0.25) is 0 Å². The van der Waals surface area contributed by atoms with Crippen LogP contribution in [0.3, 0.4) is 0 Å². The first-order chi connectivity index (χ1) is 6.22. The third-order valence-corrected chi connectivity index (χ3v) is 2.71. The lowest BCUT2D eigenvalue weighted by atomic mass is 10.1. The molecule has 3 nitrogen and oxygen atoms in total. The van der Waals surface area contributed by atoms with Crippen LogP contribution in [0.5, 0.6) is 0 Å². The zero-order valence-electron chi connectivity index (χ0n) is 8.12. The van der Waals surface area contributed by atoms with Crippen molar-refractivity contribution in [3.63, 3.8) is 0 Å². The molecule has 1 aliphatic heterocycles. The SMILES string of the molecule is CN(CCO)CCC1CC(=S)CN1. The lowest BCUT2D eigenvalue weighted by molar-refractivity contribution is 0.216. The highest BCUT2D eigenvalue weighted by Gasteiger charge is 2.17. The first-order valence-electron chi connectivity index (χ1n) is 4.77. The number of hydrogen-bond acceptors (Lipinski definition) is 4. The Balaban J connectivity index is 2.08. The third-order valence-electron chi connectivity index (χ3n) is 2.40. The monoisotopic (exact) mass is 202 g/mol. The number of nitrogens with one attached hydrogen (secondary N) is 1. The molecule has 0 aromatic carbocycles. The highest BCUT2D eigenvalue weighted by Crippen LogP contribution is 2.07. The molecular weight excluding hydrogens is 184 g/mol. The maximum atomic E-state index is 8.69. The lowest BCUT2D eigenvalue weighted by Crippen LogP contribution is -2.29. The smallest absolute Gasteiger partial charge is 0.0558 e. The molecule has 0 aromatic rings. The molecule has 0 amide bonds. The normalized spacial score (nSPS) is 23.0. The van der Waals surface area contributed by atoms with Gasteiger partial charge in [0.1, 0.15) is 0 Å². The van der Waals surface area contributed by atoms with Gasteiger partial charge in [0.25, 0.3) is 0 Å². The molecule has 2 N–H and O–H groups in total. The van der Waals surface area contributed by atoms with Crippen molar-refractivity contribution in [1.82, 2.24) is 10.2 Å². The Morgan fingerprint density at radius 2 is 2.38 bits per heavy atom. The molecule has 1 atom stereocenters. The molecule has 4 heteroatoms. The van der Waals surface area contributed by atoms with Crippen LogP contribution in [0.1, 0.15) is 12.8 Å². The van der Waals surface area contributed by atoms with E-state index in [-0.39, 0.29) is 6.61 Å². The summed E-state index contributed by atoms with van der Waals surface area (Å²) in [5.74, 6) is 0. The standard InChI is InChI=1S/C9H18N2OS/c1-11(4-5-12)3-2-8-6-9(13)7-10-8/h8,10,12H,2-7H2,1H3. The molecule has 1 heterocycles. The topological polar surface area (TPSA) is 35.5 Å². The van der Waals surface area contributed by atoms with Crippen molar-refractivity contribution in [1.29, 1.82) is 0 Å². The summed E-state index contributed by atoms with van der Waals surface area (Å²) in [4.78, 5) is 3.29. The zero-order chi connectivity index (χ0) is 9.68. The second kappa shape index (κ2) is 5.65. The quantitative estimate of drug-likeness (QED) is 0.617. The van der Waals surface area contributed by atoms with Crippen LogP contribution in [-0.4, -0.2) is 54.2 Å². The highest BCUT2D eigenvalue weighted by molar-refractivity contribution is 7.80. The van der Waals surface area contributed by atoms with Crippen LogP contribution < -0.4 is 5.32 Å². The zero-order valence-corrected chi connectivity index (χ0v) is 8.94. The summed E-state index contributed by atoms with van der Waals surface area (Å²) in [5.41, 5.74) is 0. The van der Waals surface area contributed by atoms with E-state index in [2.05, 4.69) is 10.2 Å². The van der Waals surface area contributed by atoms with E-state index < -0.39 is 0 Å². The van der Waals surface area contributed by atoms with Crippen molar-refractivity contribution in [2.24, 2.45) is 0 Å². The Hall–Kier alpha value is -0.0300. The lowest BCUT2D eigenvalue weighted by Gasteiger charge is -2.17. The predicted molar refractivity (Wildman–Crippen MR) is 58.2 cm³/mol. The summed E-state index contributed by atoms with van der Waals surface area (Å²) < 4.78 is 0. The van der Waals surface area contributed by atoms with E-state index in [0.29, 0.717) is 6.04 Å². The van der Waals surface area contributed by atoms with Crippen molar-refractivity contribution in [3.05, 3.63) is 0 Å². The van der Waals surface area contributed by atoms with Crippen LogP contribution >= 0.6 is 12.2 Å². The Bertz CT molecular complexity index is 175. The van der Waals surface area contributed by atoms with Gasteiger partial charge in [-0.05, 0) is 26.4 Å². The van der Waals surface area contributed by atoms with E-state index in [4.69, 9.17) is 17.3 Å². The number of rotatable bonds is 5. The number of hydrogen-bond donors (Lipinski definition) is 2. The summed E-state index contributed by atoms with van der Waals surface area (Å²) in [7, 11) is 2.03. The van der Waals surface area contributed by atoms with Gasteiger partial charge < -0.3 is 15.3 Å². The maximum absolute atomic E-state index is 8.69. The third kappa shape index (κ3) is 4.13. The molecule has 1 fully saturated rings. The van der Waals surface area contributed by atoms with Crippen molar-refractivity contribution in [3.8, 4) is 0 Å². The van der Waals surface area contributed by atoms with Gasteiger partial charge >= 0.3 is 0 Å². The maximum Gasteiger partial charge on any atom is 0.0558 e. The number of likely N-dealkylation sites (N-methyl/N-ethyl adjacent to an activating group) is 1. The van der Waals surface area contributed by atoms with E-state index in [1.807, 2.05) is 7.05 Å². The molecule has 0 spiro atoms. The van der Waals surface area contributed by atoms with Gasteiger partial charge in [-0.2, -0.15) is 0 Å². The van der Waals surface area contributed by atoms with Gasteiger partial charge in [-0.15, -0.1) is 0 Å². The molecule has 0 bridgehead atoms. The van der Waals surface area contributed by atoms with E-state index in [9.17, 15) is 0 Å². The summed E-state index contributed by atoms with van der Waals surface area (Å²) >= 11 is 5.11. The summed E-state index contributed by atoms with van der Waals surface area (Å²) in [6.45, 7) is 2.94. The minimum absolute atomic E-state index is 0.243. The molecule has 1 saturated heterocycles. The second-order valence-electron chi connectivity index (χ2n) is 3.64. The van der Waals surface area contributed by atoms with Gasteiger partial charge in [-0.3, -0.25) is 0 Å². The van der Waals surface area contributed by atoms with Crippen molar-refractivity contribution in [2.75, 3.05) is 33.3 Å². The molecule has 0 radical (unpaired) electrons. The second-order valence-corrected chi connectivity index (χ2v) is 4.21. The van der Waals surface area contributed by atoms with Crippen molar-refractivity contribution in [2.45, 2.75) is 18.9 Å². The Kier molecular flexibility index (Phi) is 4.80. The van der Waals surface area contributed by atoms with Gasteiger partial charge in [-0.1, -0.05) is 12.2 Å². The number of nitrogens with zero attached hydrogens (tertiary/aromatic N) is 1. The largest absolute Gasteiger partial charge is 0.395 e. The minimum atomic E-state index is 0.243. The summed E-state index contributed by atoms with van der Waals surface area (Å²) in [5, 5.41) is 12.1. The van der Waals surface area contributed by atoms with Crippen LogP contribution in [0.4, 0.5) is 0 Å². The molecular formula is C9H18N2OS. The Morgan fingerprint density at radius 3 is 2.92 bits per heavy atom. The fraction of sp³-hybridized carbons (Fsp3) is 0.889. The molecule has 13 heavy (non-hydrogen) atoms. The average molecular weight is 202 g/mol. The van der Waals surface area contributed by atoms with E-state index >= 15 is 0 Å². The van der Waals surface area contributed by atoms with Gasteiger partial charge in [0, 0.05) is 24.0 Å². The summed E-state index contributed by atoms with van der Waals surface area (Å²) in [6, 6.07) is 0.564.